The minimum Gasteiger partial charge on any atom is -0.493 e. The van der Waals surface area contributed by atoms with Gasteiger partial charge in [0.1, 0.15) is 5.75 Å². The average molecular weight is 568 g/mol. The molecule has 220 valence electrons. The molecule has 0 spiro atoms. The molecule has 41 heavy (non-hydrogen) atoms. The number of hydrogen-bond acceptors (Lipinski definition) is 5. The number of aromatic nitrogens is 1. The maximum atomic E-state index is 14.0. The molecule has 1 aromatic heterocycles. The molecule has 1 aliphatic heterocycles. The van der Waals surface area contributed by atoms with Gasteiger partial charge < -0.3 is 24.3 Å². The molecule has 7 nitrogen and oxygen atoms in total. The van der Waals surface area contributed by atoms with Crippen molar-refractivity contribution >= 4 is 28.4 Å². The van der Waals surface area contributed by atoms with Crippen LogP contribution in [0.25, 0.3) is 16.5 Å². The highest BCUT2D eigenvalue weighted by atomic mass is 19.2. The van der Waals surface area contributed by atoms with Gasteiger partial charge in [-0.3, -0.25) is 4.79 Å². The fourth-order valence-corrected chi connectivity index (χ4v) is 5.31. The van der Waals surface area contributed by atoms with Crippen LogP contribution in [0.1, 0.15) is 69.1 Å². The van der Waals surface area contributed by atoms with E-state index in [0.29, 0.717) is 18.7 Å². The van der Waals surface area contributed by atoms with Crippen molar-refractivity contribution in [3.8, 4) is 5.75 Å². The molecule has 0 radical (unpaired) electrons. The average Bonchev–Trinajstić information content (AvgIpc) is 3.29. The number of aromatic amines is 1. The Labute approximate surface area is 240 Å². The van der Waals surface area contributed by atoms with E-state index in [-0.39, 0.29) is 24.3 Å². The number of esters is 1. The zero-order chi connectivity index (χ0) is 29.7. The van der Waals surface area contributed by atoms with Crippen LogP contribution in [0.3, 0.4) is 0 Å². The zero-order valence-electron chi connectivity index (χ0n) is 24.5. The number of fused-ring (bicyclic) bond motifs is 3. The number of hydrogen-bond donors (Lipinski definition) is 1. The number of nitrogens with one attached hydrogen (secondary N) is 1. The van der Waals surface area contributed by atoms with Gasteiger partial charge in [0.2, 0.25) is 0 Å². The SMILES string of the molecule is CCCOC(=O)C1=CN(C(=O)c2ccc(F)c(F)c2)CC(C)(C)c2c1[nH]c1cc(OCCCN(CC)CC)ccc21. The van der Waals surface area contributed by atoms with Crippen LogP contribution in [0.15, 0.2) is 42.6 Å². The number of benzene rings is 2. The van der Waals surface area contributed by atoms with E-state index in [1.165, 1.54) is 17.2 Å². The summed E-state index contributed by atoms with van der Waals surface area (Å²) in [7, 11) is 0. The molecule has 0 bridgehead atoms. The maximum Gasteiger partial charge on any atom is 0.341 e. The predicted octanol–water partition coefficient (Wildman–Crippen LogP) is 6.28. The molecule has 9 heteroatoms. The first-order chi connectivity index (χ1) is 19.6. The molecule has 4 rings (SSSR count). The summed E-state index contributed by atoms with van der Waals surface area (Å²) in [6.07, 6.45) is 3.00. The molecule has 2 heterocycles. The van der Waals surface area contributed by atoms with Crippen molar-refractivity contribution in [2.45, 2.75) is 52.9 Å². The van der Waals surface area contributed by atoms with Crippen LogP contribution >= 0.6 is 0 Å². The summed E-state index contributed by atoms with van der Waals surface area (Å²) in [5, 5.41) is 0.900. The first-order valence-electron chi connectivity index (χ1n) is 14.3. The van der Waals surface area contributed by atoms with E-state index in [1.54, 1.807) is 0 Å². The molecule has 0 unspecified atom stereocenters. The largest absolute Gasteiger partial charge is 0.493 e. The van der Waals surface area contributed by atoms with Crippen LogP contribution in [-0.4, -0.2) is 66.1 Å². The predicted molar refractivity (Wildman–Crippen MR) is 156 cm³/mol. The summed E-state index contributed by atoms with van der Waals surface area (Å²) in [6, 6.07) is 8.84. The minimum absolute atomic E-state index is 0.0181. The highest BCUT2D eigenvalue weighted by Crippen LogP contribution is 2.41. The van der Waals surface area contributed by atoms with Crippen molar-refractivity contribution in [3.63, 3.8) is 0 Å². The zero-order valence-corrected chi connectivity index (χ0v) is 24.5. The summed E-state index contributed by atoms with van der Waals surface area (Å²) in [4.78, 5) is 33.9. The minimum atomic E-state index is -1.11. The monoisotopic (exact) mass is 567 g/mol. The van der Waals surface area contributed by atoms with Gasteiger partial charge in [0.15, 0.2) is 11.6 Å². The van der Waals surface area contributed by atoms with Crippen LogP contribution in [0.5, 0.6) is 5.75 Å². The van der Waals surface area contributed by atoms with Crippen molar-refractivity contribution in [2.75, 3.05) is 39.4 Å². The highest BCUT2D eigenvalue weighted by Gasteiger charge is 2.37. The second-order valence-corrected chi connectivity index (χ2v) is 10.9. The van der Waals surface area contributed by atoms with E-state index < -0.39 is 28.9 Å². The van der Waals surface area contributed by atoms with E-state index in [0.717, 1.165) is 60.4 Å². The van der Waals surface area contributed by atoms with E-state index in [9.17, 15) is 18.4 Å². The van der Waals surface area contributed by atoms with Gasteiger partial charge in [-0.05, 0) is 61.8 Å². The molecule has 0 aliphatic carbocycles. The lowest BCUT2D eigenvalue weighted by atomic mass is 9.81. The third-order valence-electron chi connectivity index (χ3n) is 7.43. The van der Waals surface area contributed by atoms with Gasteiger partial charge >= 0.3 is 5.97 Å². The van der Waals surface area contributed by atoms with Crippen LogP contribution in [0, 0.1) is 11.6 Å². The third-order valence-corrected chi connectivity index (χ3v) is 7.43. The molecule has 0 atom stereocenters. The van der Waals surface area contributed by atoms with E-state index >= 15 is 0 Å². The number of amides is 1. The van der Waals surface area contributed by atoms with Gasteiger partial charge in [-0.25, -0.2) is 13.6 Å². The highest BCUT2D eigenvalue weighted by molar-refractivity contribution is 6.18. The van der Waals surface area contributed by atoms with Gasteiger partial charge in [-0.15, -0.1) is 0 Å². The van der Waals surface area contributed by atoms with Crippen LogP contribution < -0.4 is 4.74 Å². The Balaban J connectivity index is 1.71. The lowest BCUT2D eigenvalue weighted by Crippen LogP contribution is -2.37. The molecule has 1 aliphatic rings. The maximum absolute atomic E-state index is 14.0. The van der Waals surface area contributed by atoms with Gasteiger partial charge in [0.25, 0.3) is 5.91 Å². The Kier molecular flexibility index (Phi) is 9.48. The number of carbonyl (C=O) groups is 2. The number of nitrogens with zero attached hydrogens (tertiary/aromatic N) is 2. The van der Waals surface area contributed by atoms with Crippen molar-refractivity contribution in [2.24, 2.45) is 0 Å². The van der Waals surface area contributed by atoms with Gasteiger partial charge in [0.05, 0.1) is 24.5 Å². The Morgan fingerprint density at radius 2 is 1.78 bits per heavy atom. The summed E-state index contributed by atoms with van der Waals surface area (Å²) in [6.45, 7) is 14.1. The fraction of sp³-hybridized carbons (Fsp3) is 0.438. The lowest BCUT2D eigenvalue weighted by molar-refractivity contribution is -0.136. The van der Waals surface area contributed by atoms with Gasteiger partial charge in [0, 0.05) is 47.2 Å². The quantitative estimate of drug-likeness (QED) is 0.218. The van der Waals surface area contributed by atoms with Crippen molar-refractivity contribution in [1.29, 1.82) is 0 Å². The molecule has 3 aromatic rings. The molecule has 0 fully saturated rings. The summed E-state index contributed by atoms with van der Waals surface area (Å²) in [5.74, 6) is -2.55. The third kappa shape index (κ3) is 6.62. The summed E-state index contributed by atoms with van der Waals surface area (Å²) >= 11 is 0. The number of H-pyrrole nitrogens is 1. The Morgan fingerprint density at radius 1 is 1.02 bits per heavy atom. The first-order valence-corrected chi connectivity index (χ1v) is 14.3. The van der Waals surface area contributed by atoms with Crippen molar-refractivity contribution in [3.05, 3.63) is 71.1 Å². The summed E-state index contributed by atoms with van der Waals surface area (Å²) in [5.41, 5.74) is 1.77. The molecule has 1 amide bonds. The van der Waals surface area contributed by atoms with Crippen molar-refractivity contribution in [1.82, 2.24) is 14.8 Å². The standard InChI is InChI=1S/C32H39F2N3O4/c1-6-15-41-31(39)24-19-37(30(38)21-10-13-25(33)26(34)17-21)20-32(4,5)28-23-12-11-22(18-27(23)35-29(24)28)40-16-9-14-36(7-2)8-3/h10-13,17-19,35H,6-9,14-16,20H2,1-5H3. The van der Waals surface area contributed by atoms with Crippen LogP contribution in [0.2, 0.25) is 0 Å². The lowest BCUT2D eigenvalue weighted by Gasteiger charge is -2.29. The van der Waals surface area contributed by atoms with E-state index in [4.69, 9.17) is 9.47 Å². The van der Waals surface area contributed by atoms with Crippen LogP contribution in [-0.2, 0) is 14.9 Å². The second kappa shape index (κ2) is 12.9. The molecule has 1 N–H and O–H groups in total. The fourth-order valence-electron chi connectivity index (χ4n) is 5.31. The van der Waals surface area contributed by atoms with E-state index in [1.807, 2.05) is 39.0 Å². The van der Waals surface area contributed by atoms with E-state index in [2.05, 4.69) is 23.7 Å². The second-order valence-electron chi connectivity index (χ2n) is 10.9. The Bertz CT molecular complexity index is 1440. The summed E-state index contributed by atoms with van der Waals surface area (Å²) < 4.78 is 39.1. The number of rotatable bonds is 11. The molecular formula is C32H39F2N3O4. The van der Waals surface area contributed by atoms with Crippen molar-refractivity contribution < 1.29 is 27.8 Å². The Morgan fingerprint density at radius 3 is 2.46 bits per heavy atom. The molecule has 2 aromatic carbocycles. The number of halogens is 2. The normalized spacial score (nSPS) is 14.5. The van der Waals surface area contributed by atoms with Gasteiger partial charge in [-0.1, -0.05) is 34.6 Å². The first kappa shape index (κ1) is 30.2. The van der Waals surface area contributed by atoms with Gasteiger partial charge in [-0.2, -0.15) is 0 Å². The Hall–Kier alpha value is -3.72. The molecule has 0 saturated heterocycles. The molecule has 0 saturated carbocycles. The topological polar surface area (TPSA) is 74.9 Å². The molecular weight excluding hydrogens is 528 g/mol. The number of ether oxygens (including phenoxy) is 2. The number of carbonyl (C=O) groups excluding carboxylic acids is 2. The van der Waals surface area contributed by atoms with Crippen LogP contribution in [0.4, 0.5) is 8.78 Å². The smallest absolute Gasteiger partial charge is 0.341 e.